The monoisotopic (exact) mass is 935 g/mol. The Morgan fingerprint density at radius 1 is 0.470 bits per heavy atom. The molecule has 0 aromatic carbocycles. The first kappa shape index (κ1) is 61.9. The molecule has 2 unspecified atom stereocenters. The molecule has 10 heteroatoms. The number of allylic oxidation sites excluding steroid dienone is 24. The number of likely N-dealkylation sites (N-methyl/N-ethyl adjacent to an activating group) is 1. The third-order valence-electron chi connectivity index (χ3n) is 9.36. The number of esters is 2. The van der Waals surface area contributed by atoms with E-state index in [9.17, 15) is 19.0 Å². The number of hydrogen-bond donors (Lipinski definition) is 1. The van der Waals surface area contributed by atoms with Gasteiger partial charge in [-0.2, -0.15) is 0 Å². The minimum atomic E-state index is -4.41. The van der Waals surface area contributed by atoms with Crippen molar-refractivity contribution in [2.75, 3.05) is 47.5 Å². The summed E-state index contributed by atoms with van der Waals surface area (Å²) < 4.78 is 34.3. The Morgan fingerprint density at radius 3 is 1.15 bits per heavy atom. The number of carbonyl (C=O) groups excluding carboxylic acids is 2. The Kier molecular flexibility index (Phi) is 43.2. The molecule has 1 N–H and O–H groups in total. The lowest BCUT2D eigenvalue weighted by molar-refractivity contribution is -0.870. The number of carbonyl (C=O) groups is 2. The van der Waals surface area contributed by atoms with Gasteiger partial charge in [0, 0.05) is 12.8 Å². The van der Waals surface area contributed by atoms with Crippen LogP contribution in [-0.2, 0) is 32.7 Å². The van der Waals surface area contributed by atoms with Crippen LogP contribution in [0.4, 0.5) is 0 Å². The summed E-state index contributed by atoms with van der Waals surface area (Å²) in [5.41, 5.74) is 0. The Labute approximate surface area is 402 Å². The molecule has 0 heterocycles. The Bertz CT molecular complexity index is 1620. The number of phosphoric acid groups is 1. The number of ether oxygens (including phenoxy) is 2. The van der Waals surface area contributed by atoms with Crippen LogP contribution >= 0.6 is 7.82 Å². The number of unbranched alkanes of at least 4 members (excludes halogenated alkanes) is 4. The molecule has 0 aliphatic heterocycles. The lowest BCUT2D eigenvalue weighted by Gasteiger charge is -2.24. The first-order valence-electron chi connectivity index (χ1n) is 24.6. The summed E-state index contributed by atoms with van der Waals surface area (Å²) in [5, 5.41) is 0. The van der Waals surface area contributed by atoms with Crippen LogP contribution in [0.25, 0.3) is 0 Å². The normalized spacial score (nSPS) is 14.7. The van der Waals surface area contributed by atoms with Gasteiger partial charge in [-0.1, -0.05) is 160 Å². The molecular formula is C56H89NO8P+. The fourth-order valence-electron chi connectivity index (χ4n) is 5.61. The van der Waals surface area contributed by atoms with Crippen molar-refractivity contribution in [2.24, 2.45) is 0 Å². The van der Waals surface area contributed by atoms with Crippen molar-refractivity contribution in [3.8, 4) is 0 Å². The lowest BCUT2D eigenvalue weighted by Crippen LogP contribution is -2.37. The van der Waals surface area contributed by atoms with Gasteiger partial charge in [-0.15, -0.1) is 0 Å². The van der Waals surface area contributed by atoms with Crippen LogP contribution in [0.1, 0.15) is 142 Å². The van der Waals surface area contributed by atoms with Crippen molar-refractivity contribution in [1.29, 1.82) is 0 Å². The highest BCUT2D eigenvalue weighted by Crippen LogP contribution is 2.43. The predicted molar refractivity (Wildman–Crippen MR) is 279 cm³/mol. The average molecular weight is 935 g/mol. The molecule has 0 amide bonds. The van der Waals surface area contributed by atoms with Crippen LogP contribution in [-0.4, -0.2) is 74.9 Å². The van der Waals surface area contributed by atoms with Gasteiger partial charge in [0.1, 0.15) is 19.8 Å². The molecule has 0 bridgehead atoms. The third-order valence-corrected chi connectivity index (χ3v) is 10.3. The largest absolute Gasteiger partial charge is 0.472 e. The van der Waals surface area contributed by atoms with E-state index in [1.54, 1.807) is 0 Å². The highest BCUT2D eigenvalue weighted by atomic mass is 31.2. The first-order valence-corrected chi connectivity index (χ1v) is 26.1. The minimum absolute atomic E-state index is 0.00664. The fraction of sp³-hybridized carbons (Fsp3) is 0.536. The molecular weight excluding hydrogens is 846 g/mol. The standard InChI is InChI=1S/C56H88NO8P/c1-6-8-10-12-14-16-18-20-22-23-24-25-26-27-28-29-30-31-32-33-35-37-39-41-43-45-47-49-56(59)65-54(53-64-66(60,61)63-51-50-57(3,4)5)52-62-55(58)48-46-44-42-40-38-36-34-21-19-17-15-13-11-9-7-2/h8-11,14-17,20-22,24-25,27-28,30-31,33-35,38-41,54H,6-7,12-13,18-19,23,26,29,32,36-37,42-53H2,1-5H3/p+1/b10-8-,11-9-,16-14-,17-15-,22-20-,25-24-,28-27-,31-30-,34-21-,35-33-,40-38-,41-39-. The number of hydrogen-bond acceptors (Lipinski definition) is 7. The molecule has 0 spiro atoms. The van der Waals surface area contributed by atoms with E-state index in [0.29, 0.717) is 23.9 Å². The first-order chi connectivity index (χ1) is 32.0. The van der Waals surface area contributed by atoms with Crippen LogP contribution in [0.3, 0.4) is 0 Å². The van der Waals surface area contributed by atoms with E-state index < -0.39 is 32.5 Å². The Morgan fingerprint density at radius 2 is 0.803 bits per heavy atom. The third kappa shape index (κ3) is 49.3. The topological polar surface area (TPSA) is 108 Å². The molecule has 2 atom stereocenters. The second kappa shape index (κ2) is 46.0. The molecule has 0 saturated heterocycles. The molecule has 9 nitrogen and oxygen atoms in total. The van der Waals surface area contributed by atoms with E-state index in [1.165, 1.54) is 0 Å². The number of nitrogens with zero attached hydrogens (tertiary/aromatic N) is 1. The molecule has 0 radical (unpaired) electrons. The summed E-state index contributed by atoms with van der Waals surface area (Å²) >= 11 is 0. The minimum Gasteiger partial charge on any atom is -0.462 e. The smallest absolute Gasteiger partial charge is 0.462 e. The summed E-state index contributed by atoms with van der Waals surface area (Å²) in [6.45, 7) is 4.05. The molecule has 0 rings (SSSR count). The Hall–Kier alpha value is -4.11. The van der Waals surface area contributed by atoms with Crippen LogP contribution in [0.2, 0.25) is 0 Å². The van der Waals surface area contributed by atoms with Crippen molar-refractivity contribution >= 4 is 19.8 Å². The van der Waals surface area contributed by atoms with Crippen molar-refractivity contribution in [2.45, 2.75) is 148 Å². The lowest BCUT2D eigenvalue weighted by atomic mass is 10.1. The second-order valence-electron chi connectivity index (χ2n) is 16.7. The van der Waals surface area contributed by atoms with Crippen LogP contribution in [0.15, 0.2) is 146 Å². The van der Waals surface area contributed by atoms with Gasteiger partial charge in [-0.05, 0) is 116 Å². The van der Waals surface area contributed by atoms with Gasteiger partial charge in [0.15, 0.2) is 6.10 Å². The van der Waals surface area contributed by atoms with E-state index in [0.717, 1.165) is 103 Å². The zero-order chi connectivity index (χ0) is 48.5. The van der Waals surface area contributed by atoms with E-state index >= 15 is 0 Å². The van der Waals surface area contributed by atoms with E-state index in [2.05, 4.69) is 160 Å². The number of rotatable bonds is 42. The predicted octanol–water partition coefficient (Wildman–Crippen LogP) is 14.8. The molecule has 0 aromatic rings. The van der Waals surface area contributed by atoms with E-state index in [-0.39, 0.29) is 26.1 Å². The van der Waals surface area contributed by atoms with Crippen molar-refractivity contribution in [3.63, 3.8) is 0 Å². The van der Waals surface area contributed by atoms with Gasteiger partial charge in [0.25, 0.3) is 0 Å². The molecule has 0 saturated carbocycles. The summed E-state index contributed by atoms with van der Waals surface area (Å²) in [7, 11) is 1.39. The van der Waals surface area contributed by atoms with Crippen LogP contribution < -0.4 is 0 Å². The van der Waals surface area contributed by atoms with E-state index in [4.69, 9.17) is 18.5 Å². The molecule has 66 heavy (non-hydrogen) atoms. The van der Waals surface area contributed by atoms with Crippen molar-refractivity contribution in [3.05, 3.63) is 146 Å². The quantitative estimate of drug-likeness (QED) is 0.0212. The maximum Gasteiger partial charge on any atom is 0.472 e. The van der Waals surface area contributed by atoms with Gasteiger partial charge >= 0.3 is 19.8 Å². The summed E-state index contributed by atoms with van der Waals surface area (Å²) in [6, 6.07) is 0. The molecule has 0 aromatic heterocycles. The van der Waals surface area contributed by atoms with Crippen molar-refractivity contribution in [1.82, 2.24) is 0 Å². The van der Waals surface area contributed by atoms with Gasteiger partial charge in [-0.25, -0.2) is 4.57 Å². The average Bonchev–Trinajstić information content (AvgIpc) is 3.27. The van der Waals surface area contributed by atoms with Crippen molar-refractivity contribution < 1.29 is 42.1 Å². The zero-order valence-corrected chi connectivity index (χ0v) is 42.5. The molecule has 0 fully saturated rings. The van der Waals surface area contributed by atoms with E-state index in [1.807, 2.05) is 21.1 Å². The highest BCUT2D eigenvalue weighted by Gasteiger charge is 2.27. The molecule has 0 aliphatic carbocycles. The van der Waals surface area contributed by atoms with Gasteiger partial charge in [0.2, 0.25) is 0 Å². The zero-order valence-electron chi connectivity index (χ0n) is 41.6. The van der Waals surface area contributed by atoms with Crippen LogP contribution in [0, 0.1) is 0 Å². The summed E-state index contributed by atoms with van der Waals surface area (Å²) in [4.78, 5) is 35.5. The highest BCUT2D eigenvalue weighted by molar-refractivity contribution is 7.47. The number of phosphoric ester groups is 1. The second-order valence-corrected chi connectivity index (χ2v) is 18.2. The van der Waals surface area contributed by atoms with Gasteiger partial charge < -0.3 is 18.9 Å². The Balaban J connectivity index is 4.45. The maximum absolute atomic E-state index is 12.7. The van der Waals surface area contributed by atoms with Gasteiger partial charge in [-0.3, -0.25) is 18.6 Å². The summed E-state index contributed by atoms with van der Waals surface area (Å²) in [6.07, 6.45) is 67.7. The molecule has 0 aliphatic rings. The fourth-order valence-corrected chi connectivity index (χ4v) is 6.35. The maximum atomic E-state index is 12.7. The summed E-state index contributed by atoms with van der Waals surface area (Å²) in [5.74, 6) is -0.916. The number of quaternary nitrogens is 1. The molecule has 370 valence electrons. The SMILES string of the molecule is CC/C=C\C/C=C\C/C=C\C/C=C\C/C=C\C/C=C\C/C=C\C/C=C\CCCCC(=O)OC(COC(=O)CCCC/C=C\C/C=C\C/C=C\C/C=C\CC)COP(=O)(O)OCC[N+](C)(C)C. The van der Waals surface area contributed by atoms with Gasteiger partial charge in [0.05, 0.1) is 27.7 Å². The van der Waals surface area contributed by atoms with Crippen LogP contribution in [0.5, 0.6) is 0 Å².